The number of hydrogen-bond acceptors (Lipinski definition) is 3. The summed E-state index contributed by atoms with van der Waals surface area (Å²) in [6, 6.07) is 9.19. The van der Waals surface area contributed by atoms with E-state index in [2.05, 4.69) is 10.4 Å². The Bertz CT molecular complexity index is 731. The highest BCUT2D eigenvalue weighted by atomic mass is 16.2. The van der Waals surface area contributed by atoms with Crippen molar-refractivity contribution in [3.05, 3.63) is 47.2 Å². The molecular formula is C16H17N3O2. The minimum Gasteiger partial charge on any atom is -0.309 e. The van der Waals surface area contributed by atoms with Gasteiger partial charge in [-0.05, 0) is 24.0 Å². The second-order valence-electron chi connectivity index (χ2n) is 5.64. The quantitative estimate of drug-likeness (QED) is 0.862. The van der Waals surface area contributed by atoms with Gasteiger partial charge in [-0.3, -0.25) is 9.59 Å². The Morgan fingerprint density at radius 2 is 1.95 bits per heavy atom. The standard InChI is InChI=1S/C16H17N3O2/c1-9(2)12-8-13-17-15(20)14(16(21)19(13)18-12)11-7-5-4-6-10(11)3/h4-9,14H,1-3H3,(H,17,20). The first-order valence-corrected chi connectivity index (χ1v) is 6.99. The fourth-order valence-electron chi connectivity index (χ4n) is 2.56. The number of benzene rings is 1. The van der Waals surface area contributed by atoms with Crippen LogP contribution < -0.4 is 5.32 Å². The molecule has 2 heterocycles. The lowest BCUT2D eigenvalue weighted by atomic mass is 9.92. The van der Waals surface area contributed by atoms with Gasteiger partial charge in [0.15, 0.2) is 0 Å². The number of hydrogen-bond donors (Lipinski definition) is 1. The van der Waals surface area contributed by atoms with Gasteiger partial charge in [-0.2, -0.15) is 9.78 Å². The average molecular weight is 283 g/mol. The van der Waals surface area contributed by atoms with Gasteiger partial charge in [-0.1, -0.05) is 38.1 Å². The Labute approximate surface area is 123 Å². The van der Waals surface area contributed by atoms with Crippen LogP contribution >= 0.6 is 0 Å². The molecule has 1 unspecified atom stereocenters. The van der Waals surface area contributed by atoms with E-state index < -0.39 is 5.92 Å². The van der Waals surface area contributed by atoms with Crippen LogP contribution in [0.5, 0.6) is 0 Å². The zero-order chi connectivity index (χ0) is 15.1. The summed E-state index contributed by atoms with van der Waals surface area (Å²) in [6.07, 6.45) is 0. The summed E-state index contributed by atoms with van der Waals surface area (Å²) in [7, 11) is 0. The van der Waals surface area contributed by atoms with Gasteiger partial charge in [-0.25, -0.2) is 0 Å². The number of fused-ring (bicyclic) bond motifs is 1. The minimum atomic E-state index is -0.835. The number of aryl methyl sites for hydroxylation is 1. The van der Waals surface area contributed by atoms with Crippen molar-refractivity contribution in [3.8, 4) is 0 Å². The first-order chi connectivity index (χ1) is 9.99. The van der Waals surface area contributed by atoms with Crippen LogP contribution in [-0.4, -0.2) is 21.6 Å². The number of carbonyl (C=O) groups is 2. The third-order valence-corrected chi connectivity index (χ3v) is 3.79. The highest BCUT2D eigenvalue weighted by Crippen LogP contribution is 2.30. The number of nitrogens with one attached hydrogen (secondary N) is 1. The Morgan fingerprint density at radius 1 is 1.24 bits per heavy atom. The third kappa shape index (κ3) is 2.14. The third-order valence-electron chi connectivity index (χ3n) is 3.79. The van der Waals surface area contributed by atoms with E-state index in [9.17, 15) is 9.59 Å². The van der Waals surface area contributed by atoms with Crippen molar-refractivity contribution < 1.29 is 9.59 Å². The molecule has 1 amide bonds. The molecule has 5 heteroatoms. The molecule has 0 aliphatic carbocycles. The number of rotatable bonds is 2. The van der Waals surface area contributed by atoms with E-state index in [0.717, 1.165) is 16.8 Å². The molecule has 0 saturated carbocycles. The molecule has 0 bridgehead atoms. The van der Waals surface area contributed by atoms with E-state index in [0.29, 0.717) is 5.82 Å². The summed E-state index contributed by atoms with van der Waals surface area (Å²) >= 11 is 0. The molecule has 3 rings (SSSR count). The number of aromatic nitrogens is 2. The summed E-state index contributed by atoms with van der Waals surface area (Å²) in [5, 5.41) is 7.11. The van der Waals surface area contributed by atoms with Crippen molar-refractivity contribution in [1.82, 2.24) is 9.78 Å². The lowest BCUT2D eigenvalue weighted by Crippen LogP contribution is -2.38. The molecule has 1 aliphatic rings. The van der Waals surface area contributed by atoms with E-state index in [1.807, 2.05) is 45.0 Å². The molecule has 1 aromatic carbocycles. The van der Waals surface area contributed by atoms with Crippen LogP contribution in [0.4, 0.5) is 5.82 Å². The fourth-order valence-corrected chi connectivity index (χ4v) is 2.56. The lowest BCUT2D eigenvalue weighted by Gasteiger charge is -2.23. The Hall–Kier alpha value is -2.43. The minimum absolute atomic E-state index is 0.199. The summed E-state index contributed by atoms with van der Waals surface area (Å²) in [4.78, 5) is 25.0. The lowest BCUT2D eigenvalue weighted by molar-refractivity contribution is -0.117. The maximum absolute atomic E-state index is 12.7. The molecule has 2 aromatic rings. The second-order valence-corrected chi connectivity index (χ2v) is 5.64. The van der Waals surface area contributed by atoms with Crippen molar-refractivity contribution in [2.24, 2.45) is 0 Å². The van der Waals surface area contributed by atoms with Crippen LogP contribution in [-0.2, 0) is 4.79 Å². The van der Waals surface area contributed by atoms with Gasteiger partial charge in [0.25, 0.3) is 5.91 Å². The van der Waals surface area contributed by atoms with Crippen LogP contribution in [0, 0.1) is 6.92 Å². The molecule has 1 N–H and O–H groups in total. The molecule has 1 aliphatic heterocycles. The average Bonchev–Trinajstić information content (AvgIpc) is 2.85. The van der Waals surface area contributed by atoms with Crippen molar-refractivity contribution in [1.29, 1.82) is 0 Å². The van der Waals surface area contributed by atoms with Crippen molar-refractivity contribution in [2.45, 2.75) is 32.6 Å². The molecule has 21 heavy (non-hydrogen) atoms. The summed E-state index contributed by atoms with van der Waals surface area (Å²) in [5.41, 5.74) is 2.45. The highest BCUT2D eigenvalue weighted by Gasteiger charge is 2.37. The monoisotopic (exact) mass is 283 g/mol. The van der Waals surface area contributed by atoms with E-state index in [4.69, 9.17) is 0 Å². The molecule has 0 spiro atoms. The molecule has 1 aromatic heterocycles. The topological polar surface area (TPSA) is 64.0 Å². The van der Waals surface area contributed by atoms with Gasteiger partial charge in [0, 0.05) is 6.07 Å². The molecule has 5 nitrogen and oxygen atoms in total. The van der Waals surface area contributed by atoms with Crippen LogP contribution in [0.1, 0.15) is 47.3 Å². The van der Waals surface area contributed by atoms with Crippen LogP contribution in [0.25, 0.3) is 0 Å². The van der Waals surface area contributed by atoms with E-state index in [-0.39, 0.29) is 17.7 Å². The van der Waals surface area contributed by atoms with Crippen molar-refractivity contribution >= 4 is 17.6 Å². The Kier molecular flexibility index (Phi) is 3.12. The van der Waals surface area contributed by atoms with Crippen molar-refractivity contribution in [3.63, 3.8) is 0 Å². The zero-order valence-corrected chi connectivity index (χ0v) is 12.3. The zero-order valence-electron chi connectivity index (χ0n) is 12.3. The summed E-state index contributed by atoms with van der Waals surface area (Å²) in [5.74, 6) is -0.770. The van der Waals surface area contributed by atoms with Gasteiger partial charge in [0.05, 0.1) is 5.69 Å². The van der Waals surface area contributed by atoms with Crippen LogP contribution in [0.3, 0.4) is 0 Å². The van der Waals surface area contributed by atoms with E-state index in [1.165, 1.54) is 4.68 Å². The second kappa shape index (κ2) is 4.84. The fraction of sp³-hybridized carbons (Fsp3) is 0.312. The molecule has 108 valence electrons. The predicted molar refractivity (Wildman–Crippen MR) is 79.5 cm³/mol. The summed E-state index contributed by atoms with van der Waals surface area (Å²) < 4.78 is 1.31. The Morgan fingerprint density at radius 3 is 2.62 bits per heavy atom. The van der Waals surface area contributed by atoms with E-state index >= 15 is 0 Å². The summed E-state index contributed by atoms with van der Waals surface area (Å²) in [6.45, 7) is 5.90. The SMILES string of the molecule is Cc1ccccc1C1C(=O)Nc2cc(C(C)C)nn2C1=O. The van der Waals surface area contributed by atoms with E-state index in [1.54, 1.807) is 6.07 Å². The highest BCUT2D eigenvalue weighted by molar-refractivity contribution is 6.15. The largest absolute Gasteiger partial charge is 0.309 e. The Balaban J connectivity index is 2.07. The van der Waals surface area contributed by atoms with Crippen LogP contribution in [0.2, 0.25) is 0 Å². The number of nitrogens with zero attached hydrogens (tertiary/aromatic N) is 2. The number of amides is 1. The van der Waals surface area contributed by atoms with Gasteiger partial charge >= 0.3 is 0 Å². The first-order valence-electron chi connectivity index (χ1n) is 6.99. The van der Waals surface area contributed by atoms with Gasteiger partial charge in [-0.15, -0.1) is 0 Å². The number of carbonyl (C=O) groups excluding carboxylic acids is 2. The molecular weight excluding hydrogens is 266 g/mol. The van der Waals surface area contributed by atoms with Crippen molar-refractivity contribution in [2.75, 3.05) is 5.32 Å². The molecule has 0 saturated heterocycles. The molecule has 0 radical (unpaired) electrons. The normalized spacial score (nSPS) is 17.8. The first kappa shape index (κ1) is 13.5. The molecule has 1 atom stereocenters. The van der Waals surface area contributed by atoms with Gasteiger partial charge in [0.2, 0.25) is 5.91 Å². The van der Waals surface area contributed by atoms with Gasteiger partial charge < -0.3 is 5.32 Å². The smallest absolute Gasteiger partial charge is 0.265 e. The number of anilines is 1. The molecule has 0 fully saturated rings. The van der Waals surface area contributed by atoms with Gasteiger partial charge in [0.1, 0.15) is 11.7 Å². The van der Waals surface area contributed by atoms with Crippen LogP contribution in [0.15, 0.2) is 30.3 Å². The maximum atomic E-state index is 12.7. The maximum Gasteiger partial charge on any atom is 0.265 e. The predicted octanol–water partition coefficient (Wildman–Crippen LogP) is 2.69.